The zero-order valence-corrected chi connectivity index (χ0v) is 22.9. The summed E-state index contributed by atoms with van der Waals surface area (Å²) in [6.45, 7) is 4.26. The topological polar surface area (TPSA) is 132 Å². The SMILES string of the molecule is CCCCc1nc2cc(-c3ccc(C)[n+]([O-])c3)c(CO)nc2n1Cc1ccc(-c2ccccc2-c2nn[nH]n2)cc1. The molecule has 0 aliphatic heterocycles. The second-order valence-electron chi connectivity index (χ2n) is 10.1. The highest BCUT2D eigenvalue weighted by Crippen LogP contribution is 2.31. The molecule has 4 heterocycles. The number of rotatable bonds is 9. The zero-order chi connectivity index (χ0) is 28.3. The van der Waals surface area contributed by atoms with E-state index in [9.17, 15) is 10.3 Å². The number of imidazole rings is 1. The Hall–Kier alpha value is -4.96. The number of nitrogens with one attached hydrogen (secondary N) is 1. The van der Waals surface area contributed by atoms with Crippen molar-refractivity contribution in [3.8, 4) is 33.6 Å². The largest absolute Gasteiger partial charge is 0.618 e. The Balaban J connectivity index is 1.37. The van der Waals surface area contributed by atoms with E-state index in [1.165, 1.54) is 6.20 Å². The number of aromatic nitrogens is 8. The lowest BCUT2D eigenvalue weighted by Crippen LogP contribution is -2.29. The van der Waals surface area contributed by atoms with Crippen molar-refractivity contribution in [1.29, 1.82) is 0 Å². The summed E-state index contributed by atoms with van der Waals surface area (Å²) < 4.78 is 2.97. The van der Waals surface area contributed by atoms with E-state index in [0.717, 1.165) is 63.2 Å². The highest BCUT2D eigenvalue weighted by Gasteiger charge is 2.18. The van der Waals surface area contributed by atoms with Crippen LogP contribution in [0.1, 0.15) is 42.5 Å². The number of unbranched alkanes of at least 4 members (excludes halogenated alkanes) is 1. The van der Waals surface area contributed by atoms with Gasteiger partial charge in [-0.1, -0.05) is 61.9 Å². The normalized spacial score (nSPS) is 11.4. The molecule has 0 fully saturated rings. The van der Waals surface area contributed by atoms with Crippen LogP contribution in [0.2, 0.25) is 0 Å². The quantitative estimate of drug-likeness (QED) is 0.197. The van der Waals surface area contributed by atoms with Crippen LogP contribution in [0.25, 0.3) is 44.8 Å². The molecule has 0 aliphatic carbocycles. The van der Waals surface area contributed by atoms with Gasteiger partial charge in [0.25, 0.3) is 0 Å². The van der Waals surface area contributed by atoms with Crippen molar-refractivity contribution in [3.05, 3.63) is 101 Å². The van der Waals surface area contributed by atoms with Crippen LogP contribution < -0.4 is 4.73 Å². The molecule has 0 saturated heterocycles. The van der Waals surface area contributed by atoms with Gasteiger partial charge in [0.15, 0.2) is 17.5 Å². The van der Waals surface area contributed by atoms with Gasteiger partial charge in [-0.25, -0.2) is 9.97 Å². The van der Waals surface area contributed by atoms with Crippen LogP contribution in [-0.4, -0.2) is 40.3 Å². The molecular formula is C31H30N8O2. The first kappa shape index (κ1) is 26.3. The molecular weight excluding hydrogens is 516 g/mol. The summed E-state index contributed by atoms with van der Waals surface area (Å²) in [5.74, 6) is 1.50. The average Bonchev–Trinajstić information content (AvgIpc) is 3.66. The van der Waals surface area contributed by atoms with E-state index in [1.807, 2.05) is 36.4 Å². The predicted octanol–water partition coefficient (Wildman–Crippen LogP) is 4.77. The van der Waals surface area contributed by atoms with E-state index in [4.69, 9.17) is 9.97 Å². The van der Waals surface area contributed by atoms with Crippen molar-refractivity contribution in [3.63, 3.8) is 0 Å². The van der Waals surface area contributed by atoms with Crippen LogP contribution in [0.15, 0.2) is 72.9 Å². The van der Waals surface area contributed by atoms with Crippen molar-refractivity contribution in [2.24, 2.45) is 0 Å². The number of aromatic amines is 1. The average molecular weight is 547 g/mol. The molecule has 10 nitrogen and oxygen atoms in total. The van der Waals surface area contributed by atoms with E-state index in [-0.39, 0.29) is 6.61 Å². The molecule has 0 unspecified atom stereocenters. The lowest BCUT2D eigenvalue weighted by Gasteiger charge is -2.12. The maximum absolute atomic E-state index is 12.3. The highest BCUT2D eigenvalue weighted by atomic mass is 16.5. The molecule has 2 N–H and O–H groups in total. The second-order valence-corrected chi connectivity index (χ2v) is 10.1. The molecule has 2 aromatic carbocycles. The molecule has 0 atom stereocenters. The second kappa shape index (κ2) is 11.3. The van der Waals surface area contributed by atoms with Gasteiger partial charge in [-0.15, -0.1) is 10.2 Å². The Kier molecular flexibility index (Phi) is 7.22. The van der Waals surface area contributed by atoms with Crippen LogP contribution in [0, 0.1) is 12.1 Å². The van der Waals surface area contributed by atoms with Crippen molar-refractivity contribution in [2.75, 3.05) is 0 Å². The lowest BCUT2D eigenvalue weighted by atomic mass is 9.98. The number of aliphatic hydroxyl groups excluding tert-OH is 1. The number of hydrogen-bond donors (Lipinski definition) is 2. The first-order chi connectivity index (χ1) is 20.1. The summed E-state index contributed by atoms with van der Waals surface area (Å²) in [7, 11) is 0. The van der Waals surface area contributed by atoms with Crippen LogP contribution in [-0.2, 0) is 19.6 Å². The number of pyridine rings is 2. The molecule has 0 bridgehead atoms. The fraction of sp³-hybridized carbons (Fsp3) is 0.226. The molecule has 0 amide bonds. The summed E-state index contributed by atoms with van der Waals surface area (Å²) in [6.07, 6.45) is 4.39. The Morgan fingerprint density at radius 1 is 0.951 bits per heavy atom. The minimum absolute atomic E-state index is 0.248. The number of hydrogen-bond acceptors (Lipinski definition) is 7. The third kappa shape index (κ3) is 5.17. The Morgan fingerprint density at radius 2 is 1.73 bits per heavy atom. The van der Waals surface area contributed by atoms with Crippen LogP contribution in [0.5, 0.6) is 0 Å². The summed E-state index contributed by atoms with van der Waals surface area (Å²) in [5, 5.41) is 37.0. The molecule has 0 aliphatic rings. The maximum Gasteiger partial charge on any atom is 0.205 e. The molecule has 6 rings (SSSR count). The Labute approximate surface area is 237 Å². The monoisotopic (exact) mass is 546 g/mol. The number of H-pyrrole nitrogens is 1. The first-order valence-corrected chi connectivity index (χ1v) is 13.7. The van der Waals surface area contributed by atoms with Gasteiger partial charge in [0.05, 0.1) is 18.8 Å². The van der Waals surface area contributed by atoms with E-state index >= 15 is 0 Å². The van der Waals surface area contributed by atoms with Gasteiger partial charge in [-0.3, -0.25) is 0 Å². The highest BCUT2D eigenvalue weighted by molar-refractivity contribution is 5.81. The number of aryl methyl sites for hydroxylation is 2. The number of benzene rings is 2. The fourth-order valence-corrected chi connectivity index (χ4v) is 5.09. The molecule has 0 saturated carbocycles. The number of tetrazole rings is 1. The van der Waals surface area contributed by atoms with Crippen molar-refractivity contribution in [1.82, 2.24) is 35.2 Å². The third-order valence-corrected chi connectivity index (χ3v) is 7.32. The van der Waals surface area contributed by atoms with Gasteiger partial charge in [0.2, 0.25) is 5.82 Å². The Morgan fingerprint density at radius 3 is 2.44 bits per heavy atom. The van der Waals surface area contributed by atoms with Gasteiger partial charge in [-0.05, 0) is 40.5 Å². The third-order valence-electron chi connectivity index (χ3n) is 7.32. The smallest absolute Gasteiger partial charge is 0.205 e. The minimum atomic E-state index is -0.248. The lowest BCUT2D eigenvalue weighted by molar-refractivity contribution is -0.611. The summed E-state index contributed by atoms with van der Waals surface area (Å²) in [5.41, 5.74) is 8.07. The van der Waals surface area contributed by atoms with Crippen LogP contribution in [0.4, 0.5) is 0 Å². The van der Waals surface area contributed by atoms with Gasteiger partial charge in [0, 0.05) is 36.1 Å². The number of fused-ring (bicyclic) bond motifs is 1. The van der Waals surface area contributed by atoms with Crippen molar-refractivity contribution >= 4 is 11.2 Å². The number of nitrogens with zero attached hydrogens (tertiary/aromatic N) is 7. The standard InChI is InChI=1S/C31H30N8O2/c1-3-4-9-29-32-27-16-26(23-13-10-20(2)39(41)18-23)28(19-40)33-31(27)38(29)17-21-11-14-22(15-12-21)24-7-5-6-8-25(24)30-34-36-37-35-30/h5-8,10-16,18,40H,3-4,9,17,19H2,1-2H3,(H,34,35,36,37). The summed E-state index contributed by atoms with van der Waals surface area (Å²) in [6, 6.07) is 22.0. The molecule has 4 aromatic heterocycles. The summed E-state index contributed by atoms with van der Waals surface area (Å²) >= 11 is 0. The van der Waals surface area contributed by atoms with E-state index < -0.39 is 0 Å². The van der Waals surface area contributed by atoms with Gasteiger partial charge in [0.1, 0.15) is 11.3 Å². The molecule has 10 heteroatoms. The molecule has 0 spiro atoms. The zero-order valence-electron chi connectivity index (χ0n) is 22.9. The van der Waals surface area contributed by atoms with Gasteiger partial charge >= 0.3 is 0 Å². The van der Waals surface area contributed by atoms with E-state index in [1.54, 1.807) is 13.0 Å². The molecule has 6 aromatic rings. The van der Waals surface area contributed by atoms with Crippen LogP contribution >= 0.6 is 0 Å². The van der Waals surface area contributed by atoms with Crippen molar-refractivity contribution in [2.45, 2.75) is 46.3 Å². The van der Waals surface area contributed by atoms with E-state index in [0.29, 0.717) is 34.9 Å². The van der Waals surface area contributed by atoms with E-state index in [2.05, 4.69) is 56.4 Å². The Bertz CT molecular complexity index is 1810. The predicted molar refractivity (Wildman–Crippen MR) is 155 cm³/mol. The van der Waals surface area contributed by atoms with Crippen molar-refractivity contribution < 1.29 is 9.84 Å². The van der Waals surface area contributed by atoms with Crippen LogP contribution in [0.3, 0.4) is 0 Å². The summed E-state index contributed by atoms with van der Waals surface area (Å²) in [4.78, 5) is 9.83. The fourth-order valence-electron chi connectivity index (χ4n) is 5.09. The first-order valence-electron chi connectivity index (χ1n) is 13.7. The molecule has 0 radical (unpaired) electrons. The molecule has 206 valence electrons. The molecule has 41 heavy (non-hydrogen) atoms. The van der Waals surface area contributed by atoms with Gasteiger partial charge in [-0.2, -0.15) is 9.94 Å². The van der Waals surface area contributed by atoms with Gasteiger partial charge < -0.3 is 14.9 Å². The number of aliphatic hydroxyl groups is 1. The minimum Gasteiger partial charge on any atom is -0.618 e. The maximum atomic E-state index is 12.3.